The Morgan fingerprint density at radius 3 is 1.87 bits per heavy atom. The fraction of sp³-hybridized carbons (Fsp3) is 0.316. The normalized spacial score (nSPS) is 11.3. The van der Waals surface area contributed by atoms with Crippen LogP contribution in [0, 0.1) is 13.8 Å². The third-order valence-electron chi connectivity index (χ3n) is 3.95. The Hall–Kier alpha value is -1.86. The van der Waals surface area contributed by atoms with Crippen molar-refractivity contribution in [2.45, 2.75) is 27.2 Å². The minimum absolute atomic E-state index is 0.161. The lowest BCUT2D eigenvalue weighted by Gasteiger charge is -2.22. The molecule has 0 amide bonds. The molecule has 0 atom stereocenters. The van der Waals surface area contributed by atoms with Gasteiger partial charge >= 0.3 is 5.97 Å². The summed E-state index contributed by atoms with van der Waals surface area (Å²) in [7, 11) is -2.88. The molecule has 2 rings (SSSR count). The van der Waals surface area contributed by atoms with Crippen molar-refractivity contribution in [2.75, 3.05) is 12.8 Å². The molecule has 0 fully saturated rings. The van der Waals surface area contributed by atoms with Crippen LogP contribution in [0.1, 0.15) is 24.5 Å². The van der Waals surface area contributed by atoms with E-state index < -0.39 is 7.14 Å². The molecule has 0 bridgehead atoms. The summed E-state index contributed by atoms with van der Waals surface area (Å²) in [6, 6.07) is 15.4. The highest BCUT2D eigenvalue weighted by molar-refractivity contribution is 7.78. The van der Waals surface area contributed by atoms with Gasteiger partial charge in [-0.25, -0.2) is 0 Å². The second kappa shape index (κ2) is 7.61. The number of ether oxygens (including phenoxy) is 1. The van der Waals surface area contributed by atoms with E-state index in [0.29, 0.717) is 12.8 Å². The molecule has 2 aromatic carbocycles. The molecule has 0 N–H and O–H groups in total. The zero-order valence-corrected chi connectivity index (χ0v) is 14.8. The van der Waals surface area contributed by atoms with Gasteiger partial charge in [-0.05, 0) is 31.9 Å². The second-order valence-corrected chi connectivity index (χ2v) is 8.48. The van der Waals surface area contributed by atoms with Gasteiger partial charge in [-0.1, -0.05) is 48.5 Å². The molecule has 2 aromatic rings. The van der Waals surface area contributed by atoms with Gasteiger partial charge in [-0.2, -0.15) is 0 Å². The smallest absolute Gasteiger partial charge is 0.306 e. The van der Waals surface area contributed by atoms with E-state index in [1.54, 1.807) is 6.92 Å². The lowest BCUT2D eigenvalue weighted by Crippen LogP contribution is -2.24. The molecule has 122 valence electrons. The van der Waals surface area contributed by atoms with Crippen molar-refractivity contribution >= 4 is 23.7 Å². The van der Waals surface area contributed by atoms with Crippen LogP contribution in [-0.4, -0.2) is 18.7 Å². The standard InChI is InChI=1S/C19H23O3P/c1-4-22-19(20)13-14-23(21,17-11-7-5-9-15(17)2)18-12-8-6-10-16(18)3/h5-12H,4,13-14H2,1-3H3. The zero-order valence-electron chi connectivity index (χ0n) is 13.9. The Bertz CT molecular complexity index is 687. The van der Waals surface area contributed by atoms with Gasteiger partial charge < -0.3 is 9.30 Å². The maximum atomic E-state index is 14.0. The van der Waals surface area contributed by atoms with Crippen LogP contribution in [0.2, 0.25) is 0 Å². The van der Waals surface area contributed by atoms with Crippen LogP contribution < -0.4 is 10.6 Å². The molecule has 3 nitrogen and oxygen atoms in total. The minimum atomic E-state index is -2.88. The average Bonchev–Trinajstić information content (AvgIpc) is 2.54. The number of hydrogen-bond donors (Lipinski definition) is 0. The van der Waals surface area contributed by atoms with Crippen molar-refractivity contribution in [3.8, 4) is 0 Å². The SMILES string of the molecule is CCOC(=O)CCP(=O)(c1ccccc1C)c1ccccc1C. The summed E-state index contributed by atoms with van der Waals surface area (Å²) in [4.78, 5) is 11.8. The summed E-state index contributed by atoms with van der Waals surface area (Å²) >= 11 is 0. The van der Waals surface area contributed by atoms with Gasteiger partial charge in [0.1, 0.15) is 7.14 Å². The van der Waals surface area contributed by atoms with Gasteiger partial charge in [0, 0.05) is 16.8 Å². The molecular formula is C19H23O3P. The lowest BCUT2D eigenvalue weighted by molar-refractivity contribution is -0.142. The third-order valence-corrected chi connectivity index (χ3v) is 7.36. The summed E-state index contributed by atoms with van der Waals surface area (Å²) in [5.41, 5.74) is 1.98. The predicted molar refractivity (Wildman–Crippen MR) is 95.3 cm³/mol. The molecule has 0 spiro atoms. The number of aryl methyl sites for hydroxylation is 2. The lowest BCUT2D eigenvalue weighted by atomic mass is 10.2. The Labute approximate surface area is 138 Å². The maximum Gasteiger partial charge on any atom is 0.306 e. The molecule has 0 saturated heterocycles. The molecule has 0 aromatic heterocycles. The fourth-order valence-electron chi connectivity index (χ4n) is 2.79. The van der Waals surface area contributed by atoms with Crippen LogP contribution in [0.25, 0.3) is 0 Å². The van der Waals surface area contributed by atoms with Gasteiger partial charge in [0.05, 0.1) is 13.0 Å². The molecular weight excluding hydrogens is 307 g/mol. The Kier molecular flexibility index (Phi) is 5.79. The Morgan fingerprint density at radius 1 is 0.957 bits per heavy atom. The van der Waals surface area contributed by atoms with Crippen LogP contribution in [-0.2, 0) is 14.1 Å². The van der Waals surface area contributed by atoms with Crippen LogP contribution in [0.15, 0.2) is 48.5 Å². The summed E-state index contributed by atoms with van der Waals surface area (Å²) in [6.45, 7) is 6.05. The Morgan fingerprint density at radius 2 is 1.43 bits per heavy atom. The van der Waals surface area contributed by atoms with E-state index in [1.807, 2.05) is 62.4 Å². The second-order valence-electron chi connectivity index (χ2n) is 5.59. The van der Waals surface area contributed by atoms with Gasteiger partial charge in [0.15, 0.2) is 0 Å². The summed E-state index contributed by atoms with van der Waals surface area (Å²) in [6.07, 6.45) is 0.454. The first kappa shape index (κ1) is 17.5. The van der Waals surface area contributed by atoms with Crippen molar-refractivity contribution in [1.29, 1.82) is 0 Å². The van der Waals surface area contributed by atoms with E-state index in [0.717, 1.165) is 21.7 Å². The van der Waals surface area contributed by atoms with Gasteiger partial charge in [-0.15, -0.1) is 0 Å². The number of esters is 1. The zero-order chi connectivity index (χ0) is 16.9. The van der Waals surface area contributed by atoms with E-state index >= 15 is 0 Å². The number of hydrogen-bond acceptors (Lipinski definition) is 3. The number of carbonyl (C=O) groups excluding carboxylic acids is 1. The van der Waals surface area contributed by atoms with Crippen LogP contribution >= 0.6 is 7.14 Å². The highest BCUT2D eigenvalue weighted by atomic mass is 31.2. The molecule has 0 aliphatic carbocycles. The molecule has 0 aliphatic heterocycles. The monoisotopic (exact) mass is 330 g/mol. The molecule has 0 aliphatic rings. The first-order valence-corrected chi connectivity index (χ1v) is 9.75. The quantitative estimate of drug-likeness (QED) is 0.601. The van der Waals surface area contributed by atoms with E-state index in [2.05, 4.69) is 0 Å². The average molecular weight is 330 g/mol. The van der Waals surface area contributed by atoms with E-state index in [1.165, 1.54) is 0 Å². The van der Waals surface area contributed by atoms with Crippen LogP contribution in [0.3, 0.4) is 0 Å². The van der Waals surface area contributed by atoms with E-state index in [9.17, 15) is 9.36 Å². The third kappa shape index (κ3) is 3.92. The largest absolute Gasteiger partial charge is 0.466 e. The first-order chi connectivity index (χ1) is 11.0. The predicted octanol–water partition coefficient (Wildman–Crippen LogP) is 3.57. The fourth-order valence-corrected chi connectivity index (χ4v) is 5.97. The number of benzene rings is 2. The molecule has 23 heavy (non-hydrogen) atoms. The highest BCUT2D eigenvalue weighted by Crippen LogP contribution is 2.45. The Balaban J connectivity index is 2.48. The van der Waals surface area contributed by atoms with Crippen molar-refractivity contribution in [1.82, 2.24) is 0 Å². The van der Waals surface area contributed by atoms with Crippen LogP contribution in [0.5, 0.6) is 0 Å². The van der Waals surface area contributed by atoms with Crippen molar-refractivity contribution in [2.24, 2.45) is 0 Å². The topological polar surface area (TPSA) is 43.4 Å². The minimum Gasteiger partial charge on any atom is -0.466 e. The van der Waals surface area contributed by atoms with Crippen molar-refractivity contribution in [3.05, 3.63) is 59.7 Å². The van der Waals surface area contributed by atoms with E-state index in [-0.39, 0.29) is 12.4 Å². The first-order valence-electron chi connectivity index (χ1n) is 7.86. The van der Waals surface area contributed by atoms with Crippen LogP contribution in [0.4, 0.5) is 0 Å². The molecule has 0 heterocycles. The van der Waals surface area contributed by atoms with Gasteiger partial charge in [0.2, 0.25) is 0 Å². The highest BCUT2D eigenvalue weighted by Gasteiger charge is 2.30. The molecule has 0 radical (unpaired) electrons. The summed E-state index contributed by atoms with van der Waals surface area (Å²) < 4.78 is 19.0. The summed E-state index contributed by atoms with van der Waals surface area (Å²) in [5.74, 6) is -0.296. The molecule has 0 unspecified atom stereocenters. The van der Waals surface area contributed by atoms with Gasteiger partial charge in [0.25, 0.3) is 0 Å². The number of carbonyl (C=O) groups is 1. The summed E-state index contributed by atoms with van der Waals surface area (Å²) in [5, 5.41) is 1.66. The molecule has 0 saturated carbocycles. The number of rotatable bonds is 6. The molecule has 4 heteroatoms. The van der Waals surface area contributed by atoms with E-state index in [4.69, 9.17) is 4.74 Å². The van der Waals surface area contributed by atoms with Crippen molar-refractivity contribution < 1.29 is 14.1 Å². The van der Waals surface area contributed by atoms with Gasteiger partial charge in [-0.3, -0.25) is 4.79 Å². The maximum absolute atomic E-state index is 14.0. The van der Waals surface area contributed by atoms with Crippen molar-refractivity contribution in [3.63, 3.8) is 0 Å².